The van der Waals surface area contributed by atoms with Crippen molar-refractivity contribution < 1.29 is 13.7 Å². The lowest BCUT2D eigenvalue weighted by Gasteiger charge is -2.29. The van der Waals surface area contributed by atoms with Crippen molar-refractivity contribution in [2.45, 2.75) is 31.9 Å². The van der Waals surface area contributed by atoms with Gasteiger partial charge in [-0.25, -0.2) is 9.37 Å². The summed E-state index contributed by atoms with van der Waals surface area (Å²) in [5.74, 6) is 2.94. The Kier molecular flexibility index (Phi) is 5.15. The fraction of sp³-hybridized carbons (Fsp3) is 0.318. The lowest BCUT2D eigenvalue weighted by atomic mass is 9.96. The van der Waals surface area contributed by atoms with E-state index in [4.69, 9.17) is 9.26 Å². The summed E-state index contributed by atoms with van der Waals surface area (Å²) in [6, 6.07) is 14.2. The zero-order chi connectivity index (χ0) is 20.3. The molecule has 8 heteroatoms. The first-order chi connectivity index (χ1) is 14.7. The van der Waals surface area contributed by atoms with Gasteiger partial charge in [0.05, 0.1) is 17.6 Å². The van der Waals surface area contributed by atoms with E-state index in [1.807, 2.05) is 30.3 Å². The molecule has 1 aliphatic rings. The first kappa shape index (κ1) is 18.7. The Labute approximate surface area is 172 Å². The molecule has 1 saturated heterocycles. The smallest absolute Gasteiger partial charge is 0.240 e. The maximum Gasteiger partial charge on any atom is 0.240 e. The van der Waals surface area contributed by atoms with E-state index in [-0.39, 0.29) is 12.4 Å². The number of aromatic nitrogens is 4. The molecule has 0 amide bonds. The van der Waals surface area contributed by atoms with E-state index in [2.05, 4.69) is 25.0 Å². The number of hydrogen-bond donors (Lipinski definition) is 1. The molecule has 0 atom stereocenters. The average molecular weight is 407 g/mol. The lowest BCUT2D eigenvalue weighted by molar-refractivity contribution is 0.179. The monoisotopic (exact) mass is 407 g/mol. The highest BCUT2D eigenvalue weighted by atomic mass is 19.1. The number of nitrogens with one attached hydrogen (secondary N) is 1. The number of para-hydroxylation sites is 1. The molecule has 4 aromatic rings. The van der Waals surface area contributed by atoms with E-state index < -0.39 is 0 Å². The zero-order valence-electron chi connectivity index (χ0n) is 16.4. The highest BCUT2D eigenvalue weighted by Gasteiger charge is 2.24. The first-order valence-corrected chi connectivity index (χ1v) is 10.1. The Hall–Kier alpha value is -3.26. The van der Waals surface area contributed by atoms with Crippen molar-refractivity contribution in [3.05, 3.63) is 71.9 Å². The Morgan fingerprint density at radius 3 is 2.77 bits per heavy atom. The number of hydrogen-bond acceptors (Lipinski definition) is 6. The third-order valence-electron chi connectivity index (χ3n) is 5.42. The Balaban J connectivity index is 1.14. The third kappa shape index (κ3) is 4.18. The summed E-state index contributed by atoms with van der Waals surface area (Å²) in [5, 5.41) is 4.01. The number of aromatic amines is 1. The van der Waals surface area contributed by atoms with Crippen molar-refractivity contribution in [3.8, 4) is 5.75 Å². The molecule has 0 unspecified atom stereocenters. The van der Waals surface area contributed by atoms with Crippen molar-refractivity contribution in [1.29, 1.82) is 0 Å². The largest absolute Gasteiger partial charge is 0.485 e. The minimum Gasteiger partial charge on any atom is -0.485 e. The highest BCUT2D eigenvalue weighted by molar-refractivity contribution is 5.75. The lowest BCUT2D eigenvalue weighted by Crippen LogP contribution is -2.32. The second-order valence-electron chi connectivity index (χ2n) is 7.54. The van der Waals surface area contributed by atoms with Crippen LogP contribution in [0, 0.1) is 5.82 Å². The molecular formula is C22H22FN5O2. The molecule has 1 aliphatic heterocycles. The highest BCUT2D eigenvalue weighted by Crippen LogP contribution is 2.28. The van der Waals surface area contributed by atoms with Gasteiger partial charge in [0.1, 0.15) is 17.4 Å². The summed E-state index contributed by atoms with van der Waals surface area (Å²) in [6.45, 7) is 2.72. The van der Waals surface area contributed by atoms with E-state index in [1.165, 1.54) is 12.1 Å². The molecule has 30 heavy (non-hydrogen) atoms. The first-order valence-electron chi connectivity index (χ1n) is 10.1. The molecule has 1 N–H and O–H groups in total. The van der Waals surface area contributed by atoms with E-state index in [0.29, 0.717) is 24.2 Å². The van der Waals surface area contributed by atoms with Gasteiger partial charge in [0.2, 0.25) is 11.7 Å². The number of halogens is 1. The number of ether oxygens (including phenoxy) is 1. The quantitative estimate of drug-likeness (QED) is 0.520. The van der Waals surface area contributed by atoms with Crippen LogP contribution in [-0.2, 0) is 13.2 Å². The molecule has 7 nitrogen and oxygen atoms in total. The second-order valence-corrected chi connectivity index (χ2v) is 7.54. The van der Waals surface area contributed by atoms with Crippen molar-refractivity contribution in [2.24, 2.45) is 0 Å². The van der Waals surface area contributed by atoms with E-state index >= 15 is 0 Å². The molecule has 0 radical (unpaired) electrons. The second kappa shape index (κ2) is 8.23. The van der Waals surface area contributed by atoms with Crippen LogP contribution in [0.25, 0.3) is 11.0 Å². The summed E-state index contributed by atoms with van der Waals surface area (Å²) in [6.07, 6.45) is 1.95. The molecule has 2 aromatic heterocycles. The third-order valence-corrected chi connectivity index (χ3v) is 5.42. The van der Waals surface area contributed by atoms with Gasteiger partial charge < -0.3 is 14.2 Å². The molecular weight excluding hydrogens is 385 g/mol. The van der Waals surface area contributed by atoms with Crippen LogP contribution in [0.5, 0.6) is 5.75 Å². The molecule has 0 saturated carbocycles. The Morgan fingerprint density at radius 2 is 1.93 bits per heavy atom. The van der Waals surface area contributed by atoms with Gasteiger partial charge in [-0.15, -0.1) is 0 Å². The van der Waals surface area contributed by atoms with Crippen LogP contribution in [0.2, 0.25) is 0 Å². The van der Waals surface area contributed by atoms with Crippen molar-refractivity contribution in [1.82, 2.24) is 25.0 Å². The number of imidazole rings is 1. The number of nitrogens with zero attached hydrogens (tertiary/aromatic N) is 4. The molecule has 2 aromatic carbocycles. The summed E-state index contributed by atoms with van der Waals surface area (Å²) in [4.78, 5) is 14.7. The molecule has 154 valence electrons. The van der Waals surface area contributed by atoms with Crippen molar-refractivity contribution >= 4 is 11.0 Å². The molecule has 0 bridgehead atoms. The molecule has 5 rings (SSSR count). The van der Waals surface area contributed by atoms with Gasteiger partial charge in [-0.3, -0.25) is 4.90 Å². The number of rotatable bonds is 6. The standard InChI is InChI=1S/C22H22FN5O2/c23-16-6-7-18-19(12-16)25-22(24-18)15-8-10-28(11-9-15)13-21-26-20(27-30-21)14-29-17-4-2-1-3-5-17/h1-7,12,15H,8-11,13-14H2,(H,24,25). The predicted octanol–water partition coefficient (Wildman–Crippen LogP) is 4.04. The van der Waals surface area contributed by atoms with Crippen LogP contribution < -0.4 is 4.74 Å². The Morgan fingerprint density at radius 1 is 1.10 bits per heavy atom. The normalized spacial score (nSPS) is 15.6. The van der Waals surface area contributed by atoms with E-state index in [9.17, 15) is 4.39 Å². The van der Waals surface area contributed by atoms with Gasteiger partial charge in [0.15, 0.2) is 6.61 Å². The topological polar surface area (TPSA) is 80.1 Å². The van der Waals surface area contributed by atoms with Crippen LogP contribution in [-0.4, -0.2) is 38.1 Å². The summed E-state index contributed by atoms with van der Waals surface area (Å²) < 4.78 is 24.4. The predicted molar refractivity (Wildman–Crippen MR) is 108 cm³/mol. The minimum atomic E-state index is -0.249. The van der Waals surface area contributed by atoms with Gasteiger partial charge in [0, 0.05) is 5.92 Å². The molecule has 0 aliphatic carbocycles. The van der Waals surface area contributed by atoms with Crippen molar-refractivity contribution in [3.63, 3.8) is 0 Å². The van der Waals surface area contributed by atoms with Gasteiger partial charge in [-0.05, 0) is 56.3 Å². The Bertz CT molecular complexity index is 1120. The van der Waals surface area contributed by atoms with Gasteiger partial charge in [0.25, 0.3) is 0 Å². The van der Waals surface area contributed by atoms with Crippen LogP contribution >= 0.6 is 0 Å². The van der Waals surface area contributed by atoms with Gasteiger partial charge in [-0.1, -0.05) is 23.4 Å². The molecule has 0 spiro atoms. The number of piperidine rings is 1. The minimum absolute atomic E-state index is 0.249. The number of H-pyrrole nitrogens is 1. The molecule has 3 heterocycles. The van der Waals surface area contributed by atoms with Gasteiger partial charge in [-0.2, -0.15) is 4.98 Å². The van der Waals surface area contributed by atoms with Crippen LogP contribution in [0.4, 0.5) is 4.39 Å². The zero-order valence-corrected chi connectivity index (χ0v) is 16.4. The maximum absolute atomic E-state index is 13.4. The van der Waals surface area contributed by atoms with Crippen LogP contribution in [0.15, 0.2) is 53.1 Å². The fourth-order valence-electron chi connectivity index (χ4n) is 3.83. The van der Waals surface area contributed by atoms with Gasteiger partial charge >= 0.3 is 0 Å². The summed E-state index contributed by atoms with van der Waals surface area (Å²) in [7, 11) is 0. The summed E-state index contributed by atoms with van der Waals surface area (Å²) in [5.41, 5.74) is 1.56. The van der Waals surface area contributed by atoms with Crippen molar-refractivity contribution in [2.75, 3.05) is 13.1 Å². The van der Waals surface area contributed by atoms with E-state index in [1.54, 1.807) is 6.07 Å². The number of fused-ring (bicyclic) bond motifs is 1. The van der Waals surface area contributed by atoms with Crippen LogP contribution in [0.1, 0.15) is 36.3 Å². The molecule has 1 fully saturated rings. The number of likely N-dealkylation sites (tertiary alicyclic amines) is 1. The van der Waals surface area contributed by atoms with Crippen LogP contribution in [0.3, 0.4) is 0 Å². The number of benzene rings is 2. The SMILES string of the molecule is Fc1ccc2nc(C3CCN(Cc4nc(COc5ccccc5)no4)CC3)[nH]c2c1. The van der Waals surface area contributed by atoms with E-state index in [0.717, 1.165) is 48.5 Å². The average Bonchev–Trinajstić information content (AvgIpc) is 3.40. The fourth-order valence-corrected chi connectivity index (χ4v) is 3.83. The summed E-state index contributed by atoms with van der Waals surface area (Å²) >= 11 is 0. The maximum atomic E-state index is 13.4.